The molecule has 0 unspecified atom stereocenters. The van der Waals surface area contributed by atoms with Gasteiger partial charge in [0.05, 0.1) is 15.9 Å². The second-order valence-corrected chi connectivity index (χ2v) is 4.89. The second kappa shape index (κ2) is 6.07. The van der Waals surface area contributed by atoms with Crippen molar-refractivity contribution in [2.45, 2.75) is 32.7 Å². The van der Waals surface area contributed by atoms with Crippen LogP contribution in [0.5, 0.6) is 0 Å². The van der Waals surface area contributed by atoms with Crippen molar-refractivity contribution in [1.29, 1.82) is 0 Å². The SMILES string of the molecule is CCC(=O)NC(C)(C)CS(=O)(=O)[O-].[Na+]. The van der Waals surface area contributed by atoms with E-state index in [1.165, 1.54) is 13.8 Å². The number of carbonyl (C=O) groups excluding carboxylic acids is 1. The second-order valence-electron chi connectivity index (χ2n) is 3.49. The van der Waals surface area contributed by atoms with Gasteiger partial charge in [0.1, 0.15) is 0 Å². The first-order valence-electron chi connectivity index (χ1n) is 3.91. The summed E-state index contributed by atoms with van der Waals surface area (Å²) in [4.78, 5) is 10.9. The van der Waals surface area contributed by atoms with Crippen molar-refractivity contribution in [3.8, 4) is 0 Å². The Bertz CT molecular complexity index is 286. The maximum atomic E-state index is 10.9. The molecular weight excluding hydrogens is 217 g/mol. The molecule has 0 aliphatic carbocycles. The van der Waals surface area contributed by atoms with Crippen LogP contribution in [0, 0.1) is 0 Å². The molecule has 0 aliphatic heterocycles. The molecule has 0 saturated carbocycles. The van der Waals surface area contributed by atoms with Crippen LogP contribution in [-0.2, 0) is 14.9 Å². The van der Waals surface area contributed by atoms with Gasteiger partial charge in [0.15, 0.2) is 0 Å². The number of amides is 1. The quantitative estimate of drug-likeness (QED) is 0.409. The largest absolute Gasteiger partial charge is 1.00 e. The average molecular weight is 231 g/mol. The Morgan fingerprint density at radius 1 is 1.43 bits per heavy atom. The van der Waals surface area contributed by atoms with Gasteiger partial charge in [-0.15, -0.1) is 0 Å². The zero-order valence-electron chi connectivity index (χ0n) is 8.96. The molecule has 0 spiro atoms. The first kappa shape index (κ1) is 16.8. The van der Waals surface area contributed by atoms with Crippen molar-refractivity contribution in [2.75, 3.05) is 5.75 Å². The van der Waals surface area contributed by atoms with E-state index in [0.717, 1.165) is 0 Å². The molecule has 0 heterocycles. The van der Waals surface area contributed by atoms with Gasteiger partial charge in [-0.25, -0.2) is 8.42 Å². The maximum Gasteiger partial charge on any atom is 1.00 e. The third-order valence-electron chi connectivity index (χ3n) is 1.34. The van der Waals surface area contributed by atoms with Crippen LogP contribution in [0.15, 0.2) is 0 Å². The standard InChI is InChI=1S/C7H15NO4S.Na/c1-4-6(9)8-7(2,3)5-13(10,11)12;/h4-5H2,1-3H3,(H,8,9)(H,10,11,12);/q;+1/p-1. The normalized spacial score (nSPS) is 11.7. The summed E-state index contributed by atoms with van der Waals surface area (Å²) in [5, 5.41) is 2.44. The summed E-state index contributed by atoms with van der Waals surface area (Å²) < 4.78 is 31.2. The van der Waals surface area contributed by atoms with Gasteiger partial charge in [-0.05, 0) is 13.8 Å². The summed E-state index contributed by atoms with van der Waals surface area (Å²) in [6.45, 7) is 4.64. The van der Waals surface area contributed by atoms with Crippen molar-refractivity contribution >= 4 is 16.0 Å². The zero-order chi connectivity index (χ0) is 10.7. The van der Waals surface area contributed by atoms with E-state index in [4.69, 9.17) is 0 Å². The van der Waals surface area contributed by atoms with Gasteiger partial charge in [-0.1, -0.05) is 6.92 Å². The van der Waals surface area contributed by atoms with E-state index in [1.54, 1.807) is 6.92 Å². The van der Waals surface area contributed by atoms with Crippen LogP contribution in [0.3, 0.4) is 0 Å². The third kappa shape index (κ3) is 8.96. The molecule has 0 aromatic heterocycles. The van der Waals surface area contributed by atoms with E-state index in [-0.39, 0.29) is 41.9 Å². The Hall–Kier alpha value is 0.380. The van der Waals surface area contributed by atoms with Crippen molar-refractivity contribution in [1.82, 2.24) is 5.32 Å². The van der Waals surface area contributed by atoms with E-state index < -0.39 is 21.4 Å². The van der Waals surface area contributed by atoms with Crippen LogP contribution in [-0.4, -0.2) is 30.2 Å². The van der Waals surface area contributed by atoms with Crippen molar-refractivity contribution in [2.24, 2.45) is 0 Å². The van der Waals surface area contributed by atoms with Crippen LogP contribution in [0.4, 0.5) is 0 Å². The first-order valence-corrected chi connectivity index (χ1v) is 5.48. The molecule has 0 aliphatic rings. The summed E-state index contributed by atoms with van der Waals surface area (Å²) in [5.74, 6) is -0.861. The molecule has 0 aromatic carbocycles. The molecule has 0 aromatic rings. The number of rotatable bonds is 4. The molecule has 0 saturated heterocycles. The number of hydrogen-bond acceptors (Lipinski definition) is 4. The van der Waals surface area contributed by atoms with E-state index in [2.05, 4.69) is 5.32 Å². The van der Waals surface area contributed by atoms with Crippen molar-refractivity contribution in [3.63, 3.8) is 0 Å². The fourth-order valence-corrected chi connectivity index (χ4v) is 1.90. The Morgan fingerprint density at radius 3 is 2.14 bits per heavy atom. The van der Waals surface area contributed by atoms with Gasteiger partial charge >= 0.3 is 29.6 Å². The molecule has 14 heavy (non-hydrogen) atoms. The average Bonchev–Trinajstić information content (AvgIpc) is 1.80. The molecule has 0 bridgehead atoms. The van der Waals surface area contributed by atoms with Crippen molar-refractivity contribution in [3.05, 3.63) is 0 Å². The number of hydrogen-bond donors (Lipinski definition) is 1. The minimum absolute atomic E-state index is 0. The fourth-order valence-electron chi connectivity index (χ4n) is 0.944. The zero-order valence-corrected chi connectivity index (χ0v) is 11.8. The predicted octanol–water partition coefficient (Wildman–Crippen LogP) is -3.16. The van der Waals surface area contributed by atoms with Gasteiger partial charge in [-0.2, -0.15) is 0 Å². The summed E-state index contributed by atoms with van der Waals surface area (Å²) in [6, 6.07) is 0. The van der Waals surface area contributed by atoms with Gasteiger partial charge in [0.25, 0.3) is 0 Å². The Labute approximate surface area is 107 Å². The molecule has 7 heteroatoms. The van der Waals surface area contributed by atoms with Gasteiger partial charge in [-0.3, -0.25) is 4.79 Å². The predicted molar refractivity (Wildman–Crippen MR) is 47.1 cm³/mol. The van der Waals surface area contributed by atoms with Gasteiger partial charge < -0.3 is 9.87 Å². The molecule has 0 radical (unpaired) electrons. The molecule has 1 amide bonds. The van der Waals surface area contributed by atoms with Gasteiger partial charge in [0, 0.05) is 12.0 Å². The van der Waals surface area contributed by atoms with E-state index in [1.807, 2.05) is 0 Å². The summed E-state index contributed by atoms with van der Waals surface area (Å²) in [7, 11) is -4.30. The Kier molecular flexibility index (Phi) is 7.28. The van der Waals surface area contributed by atoms with Crippen LogP contribution in [0.1, 0.15) is 27.2 Å². The molecule has 0 rings (SSSR count). The minimum Gasteiger partial charge on any atom is -0.748 e. The summed E-state index contributed by atoms with van der Waals surface area (Å²) >= 11 is 0. The summed E-state index contributed by atoms with van der Waals surface area (Å²) in [6.07, 6.45) is 0.266. The third-order valence-corrected chi connectivity index (χ3v) is 2.41. The van der Waals surface area contributed by atoms with Crippen molar-refractivity contribution < 1.29 is 47.3 Å². The molecule has 0 atom stereocenters. The first-order chi connectivity index (χ1) is 5.66. The van der Waals surface area contributed by atoms with E-state index in [9.17, 15) is 17.8 Å². The molecule has 1 N–H and O–H groups in total. The maximum absolute atomic E-state index is 10.9. The fraction of sp³-hybridized carbons (Fsp3) is 0.857. The van der Waals surface area contributed by atoms with E-state index in [0.29, 0.717) is 0 Å². The number of carbonyl (C=O) groups is 1. The topological polar surface area (TPSA) is 86.3 Å². The van der Waals surface area contributed by atoms with E-state index >= 15 is 0 Å². The molecule has 0 fully saturated rings. The minimum atomic E-state index is -4.30. The van der Waals surface area contributed by atoms with Crippen LogP contribution in [0.25, 0.3) is 0 Å². The Balaban J connectivity index is 0. The molecular formula is C7H14NNaO4S. The van der Waals surface area contributed by atoms with Crippen LogP contribution in [0.2, 0.25) is 0 Å². The summed E-state index contributed by atoms with van der Waals surface area (Å²) in [5.41, 5.74) is -0.992. The van der Waals surface area contributed by atoms with Gasteiger partial charge in [0.2, 0.25) is 5.91 Å². The van der Waals surface area contributed by atoms with Crippen LogP contribution < -0.4 is 34.9 Å². The monoisotopic (exact) mass is 231 g/mol. The number of nitrogens with one attached hydrogen (secondary N) is 1. The van der Waals surface area contributed by atoms with Crippen LogP contribution >= 0.6 is 0 Å². The molecule has 78 valence electrons. The Morgan fingerprint density at radius 2 is 1.86 bits per heavy atom. The molecule has 5 nitrogen and oxygen atoms in total. The smallest absolute Gasteiger partial charge is 0.748 e.